The molecule has 158 valence electrons. The van der Waals surface area contributed by atoms with Crippen LogP contribution in [0.3, 0.4) is 0 Å². The number of pyridine rings is 1. The third kappa shape index (κ3) is 4.06. The van der Waals surface area contributed by atoms with E-state index in [0.29, 0.717) is 36.0 Å². The fraction of sp³-hybridized carbons (Fsp3) is 0.0833. The van der Waals surface area contributed by atoms with Gasteiger partial charge in [0.2, 0.25) is 11.8 Å². The lowest BCUT2D eigenvalue weighted by molar-refractivity contribution is 0.291. The number of hydrogen-bond donors (Lipinski definition) is 2. The second-order valence-corrected chi connectivity index (χ2v) is 7.14. The first-order valence-corrected chi connectivity index (χ1v) is 10.2. The van der Waals surface area contributed by atoms with Crippen LogP contribution in [0.15, 0.2) is 90.0 Å². The molecule has 0 aliphatic rings. The number of nitrogens with one attached hydrogen (secondary N) is 2. The summed E-state index contributed by atoms with van der Waals surface area (Å²) < 4.78 is 7.56. The lowest BCUT2D eigenvalue weighted by Crippen LogP contribution is -2.14. The highest BCUT2D eigenvalue weighted by Gasteiger charge is 2.12. The van der Waals surface area contributed by atoms with Crippen molar-refractivity contribution >= 4 is 17.0 Å². The average molecular weight is 424 g/mol. The van der Waals surface area contributed by atoms with Crippen molar-refractivity contribution in [2.24, 2.45) is 0 Å². The van der Waals surface area contributed by atoms with Crippen LogP contribution in [-0.4, -0.2) is 24.7 Å². The molecule has 0 saturated carbocycles. The lowest BCUT2D eigenvalue weighted by Gasteiger charge is -2.11. The van der Waals surface area contributed by atoms with E-state index >= 15 is 0 Å². The Bertz CT molecular complexity index is 1400. The van der Waals surface area contributed by atoms with E-state index in [1.54, 1.807) is 10.9 Å². The van der Waals surface area contributed by atoms with Gasteiger partial charge in [-0.1, -0.05) is 54.6 Å². The third-order valence-corrected chi connectivity index (χ3v) is 4.95. The highest BCUT2D eigenvalue weighted by molar-refractivity contribution is 5.76. The normalized spacial score (nSPS) is 10.9. The number of para-hydroxylation sites is 1. The number of H-pyrrole nitrogens is 1. The van der Waals surface area contributed by atoms with Gasteiger partial charge in [-0.2, -0.15) is 10.1 Å². The molecule has 2 aromatic carbocycles. The molecule has 32 heavy (non-hydrogen) atoms. The fourth-order valence-corrected chi connectivity index (χ4v) is 3.35. The summed E-state index contributed by atoms with van der Waals surface area (Å²) in [7, 11) is 0. The van der Waals surface area contributed by atoms with Crippen molar-refractivity contribution in [1.82, 2.24) is 24.7 Å². The van der Waals surface area contributed by atoms with Crippen LogP contribution < -0.4 is 15.6 Å². The van der Waals surface area contributed by atoms with E-state index in [0.717, 1.165) is 16.8 Å². The Morgan fingerprint density at radius 2 is 1.75 bits per heavy atom. The minimum atomic E-state index is -0.258. The van der Waals surface area contributed by atoms with Gasteiger partial charge in [-0.15, -0.1) is 0 Å². The zero-order valence-corrected chi connectivity index (χ0v) is 17.1. The predicted molar refractivity (Wildman–Crippen MR) is 122 cm³/mol. The maximum Gasteiger partial charge on any atom is 0.263 e. The molecule has 8 nitrogen and oxygen atoms in total. The summed E-state index contributed by atoms with van der Waals surface area (Å²) in [5.41, 5.74) is 2.96. The van der Waals surface area contributed by atoms with Gasteiger partial charge in [-0.05, 0) is 23.8 Å². The summed E-state index contributed by atoms with van der Waals surface area (Å²) in [5, 5.41) is 7.93. The summed E-state index contributed by atoms with van der Waals surface area (Å²) in [4.78, 5) is 24.3. The monoisotopic (exact) mass is 424 g/mol. The standard InChI is InChI=1S/C24H20N6O2/c31-22-20-15-27-30(19-11-5-2-6-12-19)21(20)28-24(29-22)26-14-18-10-7-13-25-23(18)32-16-17-8-3-1-4-9-17/h1-13,15H,14,16H2,(H2,26,28,29,31). The van der Waals surface area contributed by atoms with Gasteiger partial charge in [0.05, 0.1) is 11.9 Å². The SMILES string of the molecule is O=c1[nH]c(NCc2cccnc2OCc2ccccc2)nc2c1cnn2-c1ccccc1. The summed E-state index contributed by atoms with van der Waals surface area (Å²) in [6.45, 7) is 0.800. The number of fused-ring (bicyclic) bond motifs is 1. The quantitative estimate of drug-likeness (QED) is 0.414. The minimum Gasteiger partial charge on any atom is -0.473 e. The number of anilines is 1. The van der Waals surface area contributed by atoms with Crippen LogP contribution in [0.1, 0.15) is 11.1 Å². The number of ether oxygens (including phenoxy) is 1. The van der Waals surface area contributed by atoms with E-state index < -0.39 is 0 Å². The Hall–Kier alpha value is -4.46. The summed E-state index contributed by atoms with van der Waals surface area (Å²) in [6, 6.07) is 23.2. The molecule has 5 rings (SSSR count). The zero-order valence-electron chi connectivity index (χ0n) is 17.1. The largest absolute Gasteiger partial charge is 0.473 e. The van der Waals surface area contributed by atoms with Gasteiger partial charge >= 0.3 is 0 Å². The number of benzene rings is 2. The van der Waals surface area contributed by atoms with Crippen LogP contribution in [0.2, 0.25) is 0 Å². The molecule has 0 aliphatic carbocycles. The Morgan fingerprint density at radius 1 is 0.969 bits per heavy atom. The van der Waals surface area contributed by atoms with Gasteiger partial charge in [-0.3, -0.25) is 9.78 Å². The van der Waals surface area contributed by atoms with Crippen LogP contribution in [0.4, 0.5) is 5.95 Å². The summed E-state index contributed by atoms with van der Waals surface area (Å²) in [5.74, 6) is 0.875. The maximum atomic E-state index is 12.6. The van der Waals surface area contributed by atoms with Crippen LogP contribution in [-0.2, 0) is 13.2 Å². The molecule has 3 heterocycles. The Labute approximate surface area is 183 Å². The number of hydrogen-bond acceptors (Lipinski definition) is 6. The van der Waals surface area contributed by atoms with Crippen molar-refractivity contribution in [3.05, 3.63) is 107 Å². The van der Waals surface area contributed by atoms with E-state index in [1.165, 1.54) is 6.20 Å². The van der Waals surface area contributed by atoms with Crippen molar-refractivity contribution in [2.75, 3.05) is 5.32 Å². The predicted octanol–water partition coefficient (Wildman–Crippen LogP) is 3.69. The van der Waals surface area contributed by atoms with Gasteiger partial charge in [0.25, 0.3) is 5.56 Å². The number of nitrogens with zero attached hydrogens (tertiary/aromatic N) is 4. The lowest BCUT2D eigenvalue weighted by atomic mass is 10.2. The summed E-state index contributed by atoms with van der Waals surface area (Å²) >= 11 is 0. The average Bonchev–Trinajstić information content (AvgIpc) is 3.28. The minimum absolute atomic E-state index is 0.258. The van der Waals surface area contributed by atoms with E-state index in [-0.39, 0.29) is 5.56 Å². The number of aromatic amines is 1. The molecule has 0 spiro atoms. The van der Waals surface area contributed by atoms with Crippen LogP contribution in [0.25, 0.3) is 16.7 Å². The second kappa shape index (κ2) is 8.73. The molecule has 0 unspecified atom stereocenters. The van der Waals surface area contributed by atoms with Crippen molar-refractivity contribution in [3.8, 4) is 11.6 Å². The van der Waals surface area contributed by atoms with Crippen molar-refractivity contribution in [1.29, 1.82) is 0 Å². The zero-order chi connectivity index (χ0) is 21.8. The van der Waals surface area contributed by atoms with Gasteiger partial charge in [-0.25, -0.2) is 9.67 Å². The fourth-order valence-electron chi connectivity index (χ4n) is 3.35. The first kappa shape index (κ1) is 19.5. The van der Waals surface area contributed by atoms with Crippen molar-refractivity contribution in [3.63, 3.8) is 0 Å². The topological polar surface area (TPSA) is 97.7 Å². The molecule has 5 aromatic rings. The molecular formula is C24H20N6O2. The molecule has 0 atom stereocenters. The van der Waals surface area contributed by atoms with E-state index in [9.17, 15) is 4.79 Å². The van der Waals surface area contributed by atoms with Gasteiger partial charge < -0.3 is 10.1 Å². The molecule has 0 saturated heterocycles. The molecule has 0 amide bonds. The first-order chi connectivity index (χ1) is 15.8. The molecule has 8 heteroatoms. The van der Waals surface area contributed by atoms with Crippen LogP contribution >= 0.6 is 0 Å². The van der Waals surface area contributed by atoms with Gasteiger partial charge in [0.15, 0.2) is 5.65 Å². The Kier molecular flexibility index (Phi) is 5.32. The van der Waals surface area contributed by atoms with E-state index in [1.807, 2.05) is 72.8 Å². The van der Waals surface area contributed by atoms with Crippen LogP contribution in [0, 0.1) is 0 Å². The number of aromatic nitrogens is 5. The molecule has 0 radical (unpaired) electrons. The molecule has 0 aliphatic heterocycles. The second-order valence-electron chi connectivity index (χ2n) is 7.14. The summed E-state index contributed by atoms with van der Waals surface area (Å²) in [6.07, 6.45) is 3.21. The molecule has 0 bridgehead atoms. The van der Waals surface area contributed by atoms with Gasteiger partial charge in [0, 0.05) is 18.3 Å². The van der Waals surface area contributed by atoms with Gasteiger partial charge in [0.1, 0.15) is 12.0 Å². The van der Waals surface area contributed by atoms with E-state index in [4.69, 9.17) is 4.74 Å². The first-order valence-electron chi connectivity index (χ1n) is 10.2. The molecular weight excluding hydrogens is 404 g/mol. The van der Waals surface area contributed by atoms with Crippen molar-refractivity contribution < 1.29 is 4.74 Å². The Balaban J connectivity index is 1.37. The van der Waals surface area contributed by atoms with Crippen LogP contribution in [0.5, 0.6) is 5.88 Å². The van der Waals surface area contributed by atoms with Crippen molar-refractivity contribution in [2.45, 2.75) is 13.2 Å². The molecule has 2 N–H and O–H groups in total. The third-order valence-electron chi connectivity index (χ3n) is 4.95. The molecule has 3 aromatic heterocycles. The van der Waals surface area contributed by atoms with E-state index in [2.05, 4.69) is 25.4 Å². The highest BCUT2D eigenvalue weighted by Crippen LogP contribution is 2.18. The maximum absolute atomic E-state index is 12.6. The molecule has 0 fully saturated rings. The number of rotatable bonds is 7. The Morgan fingerprint density at radius 3 is 2.56 bits per heavy atom. The highest BCUT2D eigenvalue weighted by atomic mass is 16.5. The smallest absolute Gasteiger partial charge is 0.263 e.